The second-order valence-electron chi connectivity index (χ2n) is 4.53. The summed E-state index contributed by atoms with van der Waals surface area (Å²) in [7, 11) is 0. The van der Waals surface area contributed by atoms with E-state index in [0.717, 1.165) is 19.5 Å². The molecule has 0 aliphatic carbocycles. The van der Waals surface area contributed by atoms with Crippen molar-refractivity contribution in [2.75, 3.05) is 13.1 Å². The highest BCUT2D eigenvalue weighted by molar-refractivity contribution is 5.74. The Bertz CT molecular complexity index is 206. The van der Waals surface area contributed by atoms with Crippen LogP contribution in [0.2, 0.25) is 0 Å². The van der Waals surface area contributed by atoms with Gasteiger partial charge in [0.1, 0.15) is 0 Å². The molecule has 0 spiro atoms. The topological polar surface area (TPSA) is 72.4 Å². The van der Waals surface area contributed by atoms with E-state index < -0.39 is 0 Å². The Hall–Kier alpha value is -0.610. The molecule has 0 radical (unpaired) electrons. The zero-order valence-corrected chi connectivity index (χ0v) is 9.07. The maximum atomic E-state index is 10.9. The first-order chi connectivity index (χ1) is 6.50. The van der Waals surface area contributed by atoms with Crippen LogP contribution in [-0.4, -0.2) is 36.0 Å². The van der Waals surface area contributed by atoms with Gasteiger partial charge >= 0.3 is 0 Å². The highest BCUT2D eigenvalue weighted by Gasteiger charge is 2.29. The van der Waals surface area contributed by atoms with Crippen molar-refractivity contribution in [1.29, 1.82) is 0 Å². The summed E-state index contributed by atoms with van der Waals surface area (Å²) < 4.78 is 0. The van der Waals surface area contributed by atoms with Crippen molar-refractivity contribution >= 4 is 5.91 Å². The Labute approximate surface area is 85.6 Å². The van der Waals surface area contributed by atoms with E-state index in [1.165, 1.54) is 0 Å². The fraction of sp³-hybridized carbons (Fsp3) is 0.900. The number of amides is 1. The van der Waals surface area contributed by atoms with Crippen molar-refractivity contribution in [3.05, 3.63) is 0 Å². The molecule has 4 N–H and O–H groups in total. The van der Waals surface area contributed by atoms with E-state index in [1.54, 1.807) is 0 Å². The average Bonchev–Trinajstić information content (AvgIpc) is 2.46. The molecule has 1 amide bonds. The quantitative estimate of drug-likeness (QED) is 0.665. The highest BCUT2D eigenvalue weighted by Crippen LogP contribution is 2.19. The number of carbonyl (C=O) groups excluding carboxylic acids is 1. The summed E-state index contributed by atoms with van der Waals surface area (Å²) in [6.07, 6.45) is 1.48. The van der Waals surface area contributed by atoms with Crippen molar-refractivity contribution in [1.82, 2.24) is 4.90 Å². The zero-order chi connectivity index (χ0) is 10.7. The molecule has 2 unspecified atom stereocenters. The zero-order valence-electron chi connectivity index (χ0n) is 9.07. The average molecular weight is 199 g/mol. The molecule has 2 atom stereocenters. The maximum absolute atomic E-state index is 10.9. The standard InChI is InChI=1S/C10H21N3O/c1-7(2)9(5-10(12)14)13-4-3-8(11)6-13/h7-9H,3-6,11H2,1-2H3,(H2,12,14). The number of primary amides is 1. The minimum absolute atomic E-state index is 0.218. The third-order valence-electron chi connectivity index (χ3n) is 2.91. The monoisotopic (exact) mass is 199 g/mol. The van der Waals surface area contributed by atoms with Gasteiger partial charge in [-0.3, -0.25) is 9.69 Å². The summed E-state index contributed by atoms with van der Waals surface area (Å²) >= 11 is 0. The molecular formula is C10H21N3O. The van der Waals surface area contributed by atoms with Crippen molar-refractivity contribution in [2.45, 2.75) is 38.8 Å². The molecule has 1 aliphatic rings. The van der Waals surface area contributed by atoms with E-state index in [0.29, 0.717) is 12.3 Å². The van der Waals surface area contributed by atoms with Gasteiger partial charge in [0.05, 0.1) is 0 Å². The van der Waals surface area contributed by atoms with E-state index in [4.69, 9.17) is 11.5 Å². The molecule has 0 aromatic heterocycles. The van der Waals surface area contributed by atoms with Crippen LogP contribution >= 0.6 is 0 Å². The van der Waals surface area contributed by atoms with Gasteiger partial charge in [0, 0.05) is 31.6 Å². The SMILES string of the molecule is CC(C)C(CC(N)=O)N1CCC(N)C1. The van der Waals surface area contributed by atoms with Gasteiger partial charge in [0.2, 0.25) is 5.91 Å². The Morgan fingerprint density at radius 2 is 2.21 bits per heavy atom. The molecule has 4 heteroatoms. The second-order valence-corrected chi connectivity index (χ2v) is 4.53. The summed E-state index contributed by atoms with van der Waals surface area (Å²) in [4.78, 5) is 13.2. The molecule has 1 saturated heterocycles. The molecular weight excluding hydrogens is 178 g/mol. The van der Waals surface area contributed by atoms with Crippen LogP contribution in [0.5, 0.6) is 0 Å². The van der Waals surface area contributed by atoms with Crippen LogP contribution in [0.15, 0.2) is 0 Å². The van der Waals surface area contributed by atoms with Crippen molar-refractivity contribution < 1.29 is 4.79 Å². The van der Waals surface area contributed by atoms with Gasteiger partial charge in [-0.2, -0.15) is 0 Å². The van der Waals surface area contributed by atoms with Crippen LogP contribution in [0.25, 0.3) is 0 Å². The molecule has 1 fully saturated rings. The van der Waals surface area contributed by atoms with Crippen LogP contribution < -0.4 is 11.5 Å². The molecule has 14 heavy (non-hydrogen) atoms. The first-order valence-corrected chi connectivity index (χ1v) is 5.28. The normalized spacial score (nSPS) is 25.6. The molecule has 0 aromatic carbocycles. The molecule has 0 aromatic rings. The summed E-state index contributed by atoms with van der Waals surface area (Å²) in [5, 5.41) is 0. The van der Waals surface area contributed by atoms with Crippen LogP contribution in [0, 0.1) is 5.92 Å². The Morgan fingerprint density at radius 3 is 2.57 bits per heavy atom. The van der Waals surface area contributed by atoms with Gasteiger partial charge in [0.25, 0.3) is 0 Å². The fourth-order valence-corrected chi connectivity index (χ4v) is 2.11. The van der Waals surface area contributed by atoms with Crippen LogP contribution in [0.3, 0.4) is 0 Å². The summed E-state index contributed by atoms with van der Waals surface area (Å²) in [5.41, 5.74) is 11.1. The van der Waals surface area contributed by atoms with Crippen LogP contribution in [-0.2, 0) is 4.79 Å². The number of likely N-dealkylation sites (tertiary alicyclic amines) is 1. The van der Waals surface area contributed by atoms with Gasteiger partial charge in [-0.05, 0) is 12.3 Å². The lowest BCUT2D eigenvalue weighted by Gasteiger charge is -2.29. The van der Waals surface area contributed by atoms with Gasteiger partial charge in [-0.1, -0.05) is 13.8 Å². The third-order valence-corrected chi connectivity index (χ3v) is 2.91. The first-order valence-electron chi connectivity index (χ1n) is 5.28. The number of nitrogens with two attached hydrogens (primary N) is 2. The van der Waals surface area contributed by atoms with E-state index in [1.807, 2.05) is 0 Å². The fourth-order valence-electron chi connectivity index (χ4n) is 2.11. The minimum Gasteiger partial charge on any atom is -0.370 e. The Morgan fingerprint density at radius 1 is 1.57 bits per heavy atom. The smallest absolute Gasteiger partial charge is 0.219 e. The lowest BCUT2D eigenvalue weighted by Crippen LogP contribution is -2.41. The summed E-state index contributed by atoms with van der Waals surface area (Å²) in [6.45, 7) is 6.14. The molecule has 1 rings (SSSR count). The number of hydrogen-bond donors (Lipinski definition) is 2. The Kier molecular flexibility index (Phi) is 3.89. The van der Waals surface area contributed by atoms with Gasteiger partial charge in [-0.25, -0.2) is 0 Å². The first kappa shape index (κ1) is 11.5. The number of carbonyl (C=O) groups is 1. The minimum atomic E-state index is -0.218. The molecule has 4 nitrogen and oxygen atoms in total. The van der Waals surface area contributed by atoms with Crippen LogP contribution in [0.1, 0.15) is 26.7 Å². The van der Waals surface area contributed by atoms with E-state index in [2.05, 4.69) is 18.7 Å². The van der Waals surface area contributed by atoms with Gasteiger partial charge in [-0.15, -0.1) is 0 Å². The third kappa shape index (κ3) is 2.96. The Balaban J connectivity index is 2.54. The van der Waals surface area contributed by atoms with Crippen molar-refractivity contribution in [3.63, 3.8) is 0 Å². The predicted octanol–water partition coefficient (Wildman–Crippen LogP) is -0.0806. The summed E-state index contributed by atoms with van der Waals surface area (Å²) in [5.74, 6) is 0.233. The number of rotatable bonds is 4. The maximum Gasteiger partial charge on any atom is 0.219 e. The lowest BCUT2D eigenvalue weighted by atomic mass is 9.99. The number of hydrogen-bond acceptors (Lipinski definition) is 3. The molecule has 82 valence electrons. The molecule has 0 bridgehead atoms. The molecule has 1 aliphatic heterocycles. The predicted molar refractivity (Wildman–Crippen MR) is 56.6 cm³/mol. The number of nitrogens with zero attached hydrogens (tertiary/aromatic N) is 1. The summed E-state index contributed by atoms with van der Waals surface area (Å²) in [6, 6.07) is 0.533. The van der Waals surface area contributed by atoms with E-state index >= 15 is 0 Å². The van der Waals surface area contributed by atoms with Crippen molar-refractivity contribution in [3.8, 4) is 0 Å². The van der Waals surface area contributed by atoms with Crippen molar-refractivity contribution in [2.24, 2.45) is 17.4 Å². The largest absolute Gasteiger partial charge is 0.370 e. The molecule has 1 heterocycles. The highest BCUT2D eigenvalue weighted by atomic mass is 16.1. The van der Waals surface area contributed by atoms with E-state index in [-0.39, 0.29) is 18.0 Å². The second kappa shape index (κ2) is 4.75. The van der Waals surface area contributed by atoms with E-state index in [9.17, 15) is 4.79 Å². The van der Waals surface area contributed by atoms with Gasteiger partial charge < -0.3 is 11.5 Å². The molecule has 0 saturated carbocycles. The van der Waals surface area contributed by atoms with Crippen LogP contribution in [0.4, 0.5) is 0 Å². The lowest BCUT2D eigenvalue weighted by molar-refractivity contribution is -0.119. The van der Waals surface area contributed by atoms with Gasteiger partial charge in [0.15, 0.2) is 0 Å².